The van der Waals surface area contributed by atoms with Crippen LogP contribution < -0.4 is 14.8 Å². The molecule has 0 spiro atoms. The Balaban J connectivity index is 1.71. The van der Waals surface area contributed by atoms with E-state index in [2.05, 4.69) is 10.0 Å². The summed E-state index contributed by atoms with van der Waals surface area (Å²) in [4.78, 5) is -0.103. The van der Waals surface area contributed by atoms with Crippen molar-refractivity contribution in [3.05, 3.63) is 52.2 Å². The lowest BCUT2D eigenvalue weighted by atomic mass is 10.1. The van der Waals surface area contributed by atoms with Crippen molar-refractivity contribution in [2.75, 3.05) is 17.8 Å². The van der Waals surface area contributed by atoms with Crippen molar-refractivity contribution in [2.45, 2.75) is 30.5 Å². The summed E-state index contributed by atoms with van der Waals surface area (Å²) in [6.45, 7) is 2.41. The third kappa shape index (κ3) is 4.09. The van der Waals surface area contributed by atoms with Crippen LogP contribution in [-0.2, 0) is 10.0 Å². The second-order valence-electron chi connectivity index (χ2n) is 7.07. The summed E-state index contributed by atoms with van der Waals surface area (Å²) in [5, 5.41) is 3.92. The maximum atomic E-state index is 14.2. The summed E-state index contributed by atoms with van der Waals surface area (Å²) >= 11 is 12.2. The smallest absolute Gasteiger partial charge is 0.263 e. The lowest BCUT2D eigenvalue weighted by Crippen LogP contribution is -2.44. The first-order chi connectivity index (χ1) is 14.3. The molecular weight excluding hydrogens is 454 g/mol. The Labute approximate surface area is 183 Å². The van der Waals surface area contributed by atoms with Gasteiger partial charge in [-0.3, -0.25) is 4.72 Å². The summed E-state index contributed by atoms with van der Waals surface area (Å²) in [6.07, 6.45) is 0.104. The number of nitrogens with one attached hydrogen (secondary N) is 2. The third-order valence-corrected chi connectivity index (χ3v) is 7.36. The van der Waals surface area contributed by atoms with Crippen molar-refractivity contribution >= 4 is 49.9 Å². The first kappa shape index (κ1) is 21.2. The molecule has 1 aromatic heterocycles. The van der Waals surface area contributed by atoms with Gasteiger partial charge < -0.3 is 14.5 Å². The molecule has 1 aliphatic heterocycles. The number of furan rings is 1. The Hall–Kier alpha value is -2.00. The van der Waals surface area contributed by atoms with Crippen LogP contribution in [0, 0.1) is 6.92 Å². The van der Waals surface area contributed by atoms with Crippen LogP contribution >= 0.6 is 23.2 Å². The van der Waals surface area contributed by atoms with Gasteiger partial charge in [0.1, 0.15) is 17.2 Å². The molecule has 1 fully saturated rings. The summed E-state index contributed by atoms with van der Waals surface area (Å²) in [6, 6.07) is 7.72. The molecule has 2 aromatic carbocycles. The fraction of sp³-hybridized carbons (Fsp3) is 0.300. The fourth-order valence-corrected chi connectivity index (χ4v) is 5.55. The zero-order valence-corrected chi connectivity index (χ0v) is 18.2. The van der Waals surface area contributed by atoms with Crippen molar-refractivity contribution in [2.24, 2.45) is 0 Å². The lowest BCUT2D eigenvalue weighted by molar-refractivity contribution is 0.0736. The topological polar surface area (TPSA) is 80.6 Å². The molecule has 0 unspecified atom stereocenters. The molecule has 10 heteroatoms. The van der Waals surface area contributed by atoms with Crippen LogP contribution in [-0.4, -0.2) is 33.8 Å². The molecule has 0 amide bonds. The maximum Gasteiger partial charge on any atom is 0.263 e. The van der Waals surface area contributed by atoms with Crippen LogP contribution in [0.1, 0.15) is 12.0 Å². The Morgan fingerprint density at radius 1 is 1.23 bits per heavy atom. The molecule has 30 heavy (non-hydrogen) atoms. The average Bonchev–Trinajstić information content (AvgIpc) is 3.15. The third-order valence-electron chi connectivity index (χ3n) is 4.96. The molecule has 1 aliphatic rings. The van der Waals surface area contributed by atoms with Crippen LogP contribution in [0.15, 0.2) is 45.9 Å². The first-order valence-electron chi connectivity index (χ1n) is 9.26. The number of hydrogen-bond acceptors (Lipinski definition) is 5. The van der Waals surface area contributed by atoms with Crippen LogP contribution in [0.25, 0.3) is 11.0 Å². The Morgan fingerprint density at radius 2 is 2.00 bits per heavy atom. The van der Waals surface area contributed by atoms with E-state index in [-0.39, 0.29) is 32.9 Å². The standard InChI is InChI=1S/C20H19Cl2FN2O4S/c1-11-14(21)2-3-15(22)20(11)30(26,27)25-13-8-12-5-7-28-19(12)18(9-13)29-17-4-6-24-10-16(17)23/h2-3,5,7-9,16-17,24-25H,4,6,10H2,1H3/t16-,17-/m0/s1. The minimum Gasteiger partial charge on any atom is -0.483 e. The number of sulfonamides is 1. The Kier molecular flexibility index (Phi) is 5.85. The minimum atomic E-state index is -4.05. The van der Waals surface area contributed by atoms with Gasteiger partial charge in [-0.15, -0.1) is 0 Å². The van der Waals surface area contributed by atoms with Crippen molar-refractivity contribution in [1.29, 1.82) is 0 Å². The molecular formula is C20H19Cl2FN2O4S. The highest BCUT2D eigenvalue weighted by atomic mass is 35.5. The van der Waals surface area contributed by atoms with Gasteiger partial charge in [-0.1, -0.05) is 23.2 Å². The van der Waals surface area contributed by atoms with Gasteiger partial charge in [0.05, 0.1) is 17.0 Å². The number of benzene rings is 2. The SMILES string of the molecule is Cc1c(Cl)ccc(Cl)c1S(=O)(=O)Nc1cc(O[C@H]2CCNC[C@@H]2F)c2occc2c1. The molecule has 2 heterocycles. The van der Waals surface area contributed by atoms with Crippen LogP contribution in [0.4, 0.5) is 10.1 Å². The van der Waals surface area contributed by atoms with E-state index in [4.69, 9.17) is 32.4 Å². The predicted molar refractivity (Wildman–Crippen MR) is 115 cm³/mol. The zero-order chi connectivity index (χ0) is 21.5. The molecule has 0 saturated carbocycles. The molecule has 0 bridgehead atoms. The quantitative estimate of drug-likeness (QED) is 0.550. The van der Waals surface area contributed by atoms with Crippen molar-refractivity contribution in [3.63, 3.8) is 0 Å². The predicted octanol–water partition coefficient (Wildman–Crippen LogP) is 4.93. The molecule has 6 nitrogen and oxygen atoms in total. The zero-order valence-electron chi connectivity index (χ0n) is 15.9. The van der Waals surface area contributed by atoms with E-state index in [1.54, 1.807) is 19.1 Å². The van der Waals surface area contributed by atoms with E-state index in [1.807, 2.05) is 0 Å². The van der Waals surface area contributed by atoms with Gasteiger partial charge in [0, 0.05) is 23.0 Å². The molecule has 2 N–H and O–H groups in total. The maximum absolute atomic E-state index is 14.2. The number of halogens is 3. The van der Waals surface area contributed by atoms with E-state index in [0.717, 1.165) is 0 Å². The molecule has 2 atom stereocenters. The normalized spacial score (nSPS) is 19.7. The van der Waals surface area contributed by atoms with E-state index in [1.165, 1.54) is 24.5 Å². The van der Waals surface area contributed by atoms with Crippen LogP contribution in [0.5, 0.6) is 5.75 Å². The second kappa shape index (κ2) is 8.26. The van der Waals surface area contributed by atoms with Gasteiger partial charge >= 0.3 is 0 Å². The molecule has 4 rings (SSSR count). The summed E-state index contributed by atoms with van der Waals surface area (Å²) in [5.74, 6) is 0.263. The first-order valence-corrected chi connectivity index (χ1v) is 11.5. The van der Waals surface area contributed by atoms with E-state index in [9.17, 15) is 12.8 Å². The Morgan fingerprint density at radius 3 is 2.77 bits per heavy atom. The average molecular weight is 473 g/mol. The van der Waals surface area contributed by atoms with Gasteiger partial charge in [-0.2, -0.15) is 0 Å². The molecule has 3 aromatic rings. The summed E-state index contributed by atoms with van der Waals surface area (Å²) in [7, 11) is -4.05. The minimum absolute atomic E-state index is 0.0558. The van der Waals surface area contributed by atoms with Crippen LogP contribution in [0.3, 0.4) is 0 Å². The molecule has 0 aliphatic carbocycles. The number of piperidine rings is 1. The molecule has 160 valence electrons. The molecule has 1 saturated heterocycles. The number of ether oxygens (including phenoxy) is 1. The van der Waals surface area contributed by atoms with Crippen LogP contribution in [0.2, 0.25) is 10.0 Å². The largest absolute Gasteiger partial charge is 0.483 e. The Bertz CT molecular complexity index is 1200. The van der Waals surface area contributed by atoms with Crippen molar-refractivity contribution in [3.8, 4) is 5.75 Å². The van der Waals surface area contributed by atoms with Gasteiger partial charge in [-0.25, -0.2) is 12.8 Å². The highest BCUT2D eigenvalue weighted by molar-refractivity contribution is 7.93. The summed E-state index contributed by atoms with van der Waals surface area (Å²) in [5.41, 5.74) is 0.992. The van der Waals surface area contributed by atoms with E-state index in [0.29, 0.717) is 29.5 Å². The highest BCUT2D eigenvalue weighted by Crippen LogP contribution is 2.36. The highest BCUT2D eigenvalue weighted by Gasteiger charge is 2.28. The lowest BCUT2D eigenvalue weighted by Gasteiger charge is -2.27. The monoisotopic (exact) mass is 472 g/mol. The number of rotatable bonds is 5. The van der Waals surface area contributed by atoms with E-state index < -0.39 is 22.3 Å². The number of fused-ring (bicyclic) bond motifs is 1. The summed E-state index contributed by atoms with van der Waals surface area (Å²) < 4.78 is 54.2. The fourth-order valence-electron chi connectivity index (χ4n) is 3.46. The van der Waals surface area contributed by atoms with Gasteiger partial charge in [0.25, 0.3) is 10.0 Å². The second-order valence-corrected chi connectivity index (χ2v) is 9.50. The number of alkyl halides is 1. The van der Waals surface area contributed by atoms with Gasteiger partial charge in [-0.05, 0) is 49.7 Å². The van der Waals surface area contributed by atoms with Crippen molar-refractivity contribution < 1.29 is 22.0 Å². The van der Waals surface area contributed by atoms with Gasteiger partial charge in [0.2, 0.25) is 0 Å². The van der Waals surface area contributed by atoms with Gasteiger partial charge in [0.15, 0.2) is 11.3 Å². The van der Waals surface area contributed by atoms with E-state index >= 15 is 0 Å². The molecule has 0 radical (unpaired) electrons. The van der Waals surface area contributed by atoms with Crippen molar-refractivity contribution in [1.82, 2.24) is 5.32 Å². The number of hydrogen-bond donors (Lipinski definition) is 2. The number of anilines is 1.